The number of methoxy groups -OCH3 is 4. The summed E-state index contributed by atoms with van der Waals surface area (Å²) < 4.78 is 22.5. The Morgan fingerprint density at radius 1 is 0.750 bits per heavy atom. The quantitative estimate of drug-likeness (QED) is 0.538. The summed E-state index contributed by atoms with van der Waals surface area (Å²) in [6, 6.07) is 9.69. The number of rotatable bonds is 8. The largest absolute Gasteiger partial charge is 0.496 e. The number of benzene rings is 3. The van der Waals surface area contributed by atoms with Gasteiger partial charge in [0.2, 0.25) is 0 Å². The Hall–Kier alpha value is -2.66. The van der Waals surface area contributed by atoms with Gasteiger partial charge in [0, 0.05) is 27.1 Å². The topological polar surface area (TPSA) is 57.2 Å². The van der Waals surface area contributed by atoms with Gasteiger partial charge in [0.25, 0.3) is 0 Å². The summed E-state index contributed by atoms with van der Waals surface area (Å²) in [6.07, 6.45) is 2.02. The molecule has 0 radical (unpaired) electrons. The highest BCUT2D eigenvalue weighted by Gasteiger charge is 2.21. The highest BCUT2D eigenvalue weighted by Crippen LogP contribution is 2.45. The molecule has 150 valence electrons. The second kappa shape index (κ2) is 8.57. The van der Waals surface area contributed by atoms with E-state index in [0.29, 0.717) is 17.9 Å². The Kier molecular flexibility index (Phi) is 6.15. The fourth-order valence-electron chi connectivity index (χ4n) is 3.72. The SMILES string of the molecule is CCCCC(O)c1cc(OC)c2cc3c(OC)ccc(OC)c3cc2c1OC. The smallest absolute Gasteiger partial charge is 0.132 e. The number of hydrogen-bond acceptors (Lipinski definition) is 5. The molecule has 3 aromatic rings. The van der Waals surface area contributed by atoms with E-state index in [1.54, 1.807) is 28.4 Å². The van der Waals surface area contributed by atoms with Crippen LogP contribution in [0.25, 0.3) is 21.5 Å². The van der Waals surface area contributed by atoms with E-state index < -0.39 is 6.10 Å². The first kappa shape index (κ1) is 20.1. The summed E-state index contributed by atoms with van der Waals surface area (Å²) in [5.74, 6) is 2.85. The van der Waals surface area contributed by atoms with Gasteiger partial charge in [-0.15, -0.1) is 0 Å². The van der Waals surface area contributed by atoms with Gasteiger partial charge in [-0.2, -0.15) is 0 Å². The van der Waals surface area contributed by atoms with Gasteiger partial charge in [0.05, 0.1) is 34.5 Å². The van der Waals surface area contributed by atoms with Gasteiger partial charge in [0.1, 0.15) is 23.0 Å². The van der Waals surface area contributed by atoms with Crippen LogP contribution in [0.1, 0.15) is 37.9 Å². The van der Waals surface area contributed by atoms with E-state index in [4.69, 9.17) is 18.9 Å². The maximum absolute atomic E-state index is 10.8. The Morgan fingerprint density at radius 3 is 1.79 bits per heavy atom. The highest BCUT2D eigenvalue weighted by atomic mass is 16.5. The van der Waals surface area contributed by atoms with Crippen molar-refractivity contribution in [1.29, 1.82) is 0 Å². The lowest BCUT2D eigenvalue weighted by Gasteiger charge is -2.20. The summed E-state index contributed by atoms with van der Waals surface area (Å²) in [6.45, 7) is 2.11. The van der Waals surface area contributed by atoms with Gasteiger partial charge < -0.3 is 24.1 Å². The number of aliphatic hydroxyl groups is 1. The molecule has 28 heavy (non-hydrogen) atoms. The van der Waals surface area contributed by atoms with Crippen LogP contribution in [0.15, 0.2) is 30.3 Å². The molecule has 0 saturated carbocycles. The standard InChI is InChI=1S/C23H28O5/c1-6-7-8-19(24)18-13-22(27-4)16-11-14-15(12-17(16)23(18)28-5)21(26-3)10-9-20(14)25-2/h9-13,19,24H,6-8H2,1-5H3. The molecule has 0 aliphatic carbocycles. The van der Waals surface area contributed by atoms with E-state index in [1.807, 2.05) is 30.3 Å². The molecule has 5 nitrogen and oxygen atoms in total. The van der Waals surface area contributed by atoms with E-state index in [1.165, 1.54) is 0 Å². The Balaban J connectivity index is 2.37. The van der Waals surface area contributed by atoms with Crippen molar-refractivity contribution in [2.75, 3.05) is 28.4 Å². The van der Waals surface area contributed by atoms with E-state index in [9.17, 15) is 5.11 Å². The lowest BCUT2D eigenvalue weighted by atomic mass is 9.95. The molecule has 1 unspecified atom stereocenters. The maximum Gasteiger partial charge on any atom is 0.132 e. The second-order valence-corrected chi connectivity index (χ2v) is 6.77. The van der Waals surface area contributed by atoms with Gasteiger partial charge in [-0.1, -0.05) is 19.8 Å². The zero-order valence-electron chi connectivity index (χ0n) is 17.2. The Morgan fingerprint density at radius 2 is 1.29 bits per heavy atom. The molecule has 0 amide bonds. The zero-order valence-corrected chi connectivity index (χ0v) is 17.2. The third-order valence-corrected chi connectivity index (χ3v) is 5.19. The molecule has 0 spiro atoms. The summed E-state index contributed by atoms with van der Waals surface area (Å²) in [5.41, 5.74) is 0.738. The van der Waals surface area contributed by atoms with Crippen molar-refractivity contribution in [3.05, 3.63) is 35.9 Å². The van der Waals surface area contributed by atoms with Crippen molar-refractivity contribution >= 4 is 21.5 Å². The number of fused-ring (bicyclic) bond motifs is 2. The fraction of sp³-hybridized carbons (Fsp3) is 0.391. The van der Waals surface area contributed by atoms with Crippen LogP contribution in [-0.4, -0.2) is 33.5 Å². The summed E-state index contributed by atoms with van der Waals surface area (Å²) in [4.78, 5) is 0. The molecule has 0 aromatic heterocycles. The third kappa shape index (κ3) is 3.42. The van der Waals surface area contributed by atoms with Crippen molar-refractivity contribution in [2.24, 2.45) is 0 Å². The predicted octanol–water partition coefficient (Wildman–Crippen LogP) is 5.25. The summed E-state index contributed by atoms with van der Waals surface area (Å²) in [7, 11) is 6.56. The number of unbranched alkanes of at least 4 members (excludes halogenated alkanes) is 1. The van der Waals surface area contributed by atoms with Crippen molar-refractivity contribution in [3.63, 3.8) is 0 Å². The van der Waals surface area contributed by atoms with Crippen LogP contribution in [-0.2, 0) is 0 Å². The predicted molar refractivity (Wildman–Crippen MR) is 112 cm³/mol. The lowest BCUT2D eigenvalue weighted by molar-refractivity contribution is 0.160. The molecular weight excluding hydrogens is 356 g/mol. The molecule has 0 heterocycles. The van der Waals surface area contributed by atoms with Crippen LogP contribution in [0.2, 0.25) is 0 Å². The van der Waals surface area contributed by atoms with E-state index in [0.717, 1.165) is 51.4 Å². The average molecular weight is 384 g/mol. The highest BCUT2D eigenvalue weighted by molar-refractivity contribution is 6.08. The third-order valence-electron chi connectivity index (χ3n) is 5.19. The number of ether oxygens (including phenoxy) is 4. The molecule has 0 saturated heterocycles. The zero-order chi connectivity index (χ0) is 20.3. The van der Waals surface area contributed by atoms with Crippen molar-refractivity contribution in [3.8, 4) is 23.0 Å². The lowest BCUT2D eigenvalue weighted by Crippen LogP contribution is -2.03. The second-order valence-electron chi connectivity index (χ2n) is 6.77. The van der Waals surface area contributed by atoms with Gasteiger partial charge in [-0.25, -0.2) is 0 Å². The van der Waals surface area contributed by atoms with Crippen LogP contribution < -0.4 is 18.9 Å². The Bertz CT molecular complexity index is 980. The first-order valence-corrected chi connectivity index (χ1v) is 9.50. The minimum atomic E-state index is -0.615. The van der Waals surface area contributed by atoms with E-state index >= 15 is 0 Å². The first-order valence-electron chi connectivity index (χ1n) is 9.50. The molecule has 0 aliphatic heterocycles. The molecule has 0 bridgehead atoms. The van der Waals surface area contributed by atoms with Crippen LogP contribution in [0, 0.1) is 0 Å². The minimum Gasteiger partial charge on any atom is -0.496 e. The fourth-order valence-corrected chi connectivity index (χ4v) is 3.72. The van der Waals surface area contributed by atoms with Gasteiger partial charge in [0.15, 0.2) is 0 Å². The van der Waals surface area contributed by atoms with Crippen LogP contribution in [0.4, 0.5) is 0 Å². The van der Waals surface area contributed by atoms with Crippen LogP contribution in [0.3, 0.4) is 0 Å². The molecule has 3 aromatic carbocycles. The van der Waals surface area contributed by atoms with Gasteiger partial charge in [-0.05, 0) is 36.8 Å². The van der Waals surface area contributed by atoms with Crippen LogP contribution >= 0.6 is 0 Å². The normalized spacial score (nSPS) is 12.2. The van der Waals surface area contributed by atoms with E-state index in [2.05, 4.69) is 6.92 Å². The van der Waals surface area contributed by atoms with Crippen molar-refractivity contribution in [2.45, 2.75) is 32.3 Å². The molecule has 1 N–H and O–H groups in total. The van der Waals surface area contributed by atoms with Crippen LogP contribution in [0.5, 0.6) is 23.0 Å². The average Bonchev–Trinajstić information content (AvgIpc) is 2.73. The molecule has 5 heteroatoms. The van der Waals surface area contributed by atoms with Crippen molar-refractivity contribution < 1.29 is 24.1 Å². The molecule has 3 rings (SSSR count). The molecule has 0 fully saturated rings. The summed E-state index contributed by atoms with van der Waals surface area (Å²) >= 11 is 0. The molecule has 1 atom stereocenters. The first-order chi connectivity index (χ1) is 13.6. The minimum absolute atomic E-state index is 0.615. The maximum atomic E-state index is 10.8. The molecular formula is C23H28O5. The van der Waals surface area contributed by atoms with Crippen molar-refractivity contribution in [1.82, 2.24) is 0 Å². The van der Waals surface area contributed by atoms with Gasteiger partial charge in [-0.3, -0.25) is 0 Å². The molecule has 0 aliphatic rings. The number of aliphatic hydroxyl groups excluding tert-OH is 1. The van der Waals surface area contributed by atoms with Gasteiger partial charge >= 0.3 is 0 Å². The number of hydrogen-bond donors (Lipinski definition) is 1. The van der Waals surface area contributed by atoms with E-state index in [-0.39, 0.29) is 0 Å². The summed E-state index contributed by atoms with van der Waals surface area (Å²) in [5, 5.41) is 14.4. The Labute approximate surface area is 165 Å². The monoisotopic (exact) mass is 384 g/mol.